The molecule has 5 nitrogen and oxygen atoms in total. The molecular formula is C16H18N2O3. The van der Waals surface area contributed by atoms with Crippen LogP contribution in [0.1, 0.15) is 29.0 Å². The Kier molecular flexibility index (Phi) is 4.77. The predicted octanol–water partition coefficient (Wildman–Crippen LogP) is 2.06. The Labute approximate surface area is 123 Å². The van der Waals surface area contributed by atoms with Crippen LogP contribution in [0.3, 0.4) is 0 Å². The molecule has 0 aliphatic heterocycles. The van der Waals surface area contributed by atoms with E-state index in [2.05, 4.69) is 5.32 Å². The Balaban J connectivity index is 1.83. The second-order valence-corrected chi connectivity index (χ2v) is 4.78. The van der Waals surface area contributed by atoms with Crippen LogP contribution in [0, 0.1) is 0 Å². The van der Waals surface area contributed by atoms with Crippen molar-refractivity contribution in [2.75, 3.05) is 6.61 Å². The van der Waals surface area contributed by atoms with Crippen LogP contribution in [-0.2, 0) is 16.6 Å². The lowest BCUT2D eigenvalue weighted by Crippen LogP contribution is -2.31. The van der Waals surface area contributed by atoms with E-state index in [1.165, 1.54) is 0 Å². The lowest BCUT2D eigenvalue weighted by atomic mass is 10.1. The van der Waals surface area contributed by atoms with Crippen molar-refractivity contribution in [1.82, 2.24) is 9.88 Å². The molecule has 5 heteroatoms. The summed E-state index contributed by atoms with van der Waals surface area (Å²) in [7, 11) is 1.74. The van der Waals surface area contributed by atoms with Gasteiger partial charge in [0.2, 0.25) is 0 Å². The topological polar surface area (TPSA) is 60.3 Å². The number of carbonyl (C=O) groups excluding carboxylic acids is 2. The first-order valence-electron chi connectivity index (χ1n) is 6.70. The number of benzene rings is 1. The van der Waals surface area contributed by atoms with Crippen LogP contribution >= 0.6 is 0 Å². The second-order valence-electron chi connectivity index (χ2n) is 4.78. The molecule has 1 unspecified atom stereocenters. The molecule has 1 heterocycles. The van der Waals surface area contributed by atoms with E-state index in [0.29, 0.717) is 5.69 Å². The number of aryl methyl sites for hydroxylation is 1. The molecule has 1 amide bonds. The van der Waals surface area contributed by atoms with Gasteiger partial charge >= 0.3 is 5.97 Å². The van der Waals surface area contributed by atoms with Crippen molar-refractivity contribution in [1.29, 1.82) is 0 Å². The molecule has 1 aromatic heterocycles. The van der Waals surface area contributed by atoms with E-state index in [0.717, 1.165) is 5.56 Å². The van der Waals surface area contributed by atoms with E-state index < -0.39 is 5.97 Å². The zero-order valence-corrected chi connectivity index (χ0v) is 12.1. The maximum atomic E-state index is 11.8. The maximum absolute atomic E-state index is 11.8. The van der Waals surface area contributed by atoms with Gasteiger partial charge in [0.05, 0.1) is 6.04 Å². The monoisotopic (exact) mass is 286 g/mol. The number of aromatic nitrogens is 1. The van der Waals surface area contributed by atoms with Gasteiger partial charge in [0.1, 0.15) is 5.69 Å². The highest BCUT2D eigenvalue weighted by molar-refractivity contribution is 5.90. The Morgan fingerprint density at radius 2 is 1.90 bits per heavy atom. The predicted molar refractivity (Wildman–Crippen MR) is 78.7 cm³/mol. The second kappa shape index (κ2) is 6.74. The number of hydrogen-bond acceptors (Lipinski definition) is 3. The van der Waals surface area contributed by atoms with Crippen molar-refractivity contribution in [2.45, 2.75) is 13.0 Å². The fourth-order valence-electron chi connectivity index (χ4n) is 1.99. The largest absolute Gasteiger partial charge is 0.451 e. The van der Waals surface area contributed by atoms with Crippen LogP contribution in [-0.4, -0.2) is 23.1 Å². The Morgan fingerprint density at radius 1 is 1.19 bits per heavy atom. The van der Waals surface area contributed by atoms with Gasteiger partial charge in [-0.05, 0) is 24.6 Å². The van der Waals surface area contributed by atoms with Crippen LogP contribution in [0.4, 0.5) is 0 Å². The number of hydrogen-bond donors (Lipinski definition) is 1. The van der Waals surface area contributed by atoms with Gasteiger partial charge < -0.3 is 14.6 Å². The quantitative estimate of drug-likeness (QED) is 0.856. The number of rotatable bonds is 5. The SMILES string of the molecule is CC(NC(=O)COC(=O)c1cccn1C)c1ccccc1. The molecule has 0 spiro atoms. The maximum Gasteiger partial charge on any atom is 0.355 e. The van der Waals surface area contributed by atoms with E-state index in [4.69, 9.17) is 4.74 Å². The molecule has 1 atom stereocenters. The normalized spacial score (nSPS) is 11.7. The average molecular weight is 286 g/mol. The first-order chi connectivity index (χ1) is 10.1. The van der Waals surface area contributed by atoms with Gasteiger partial charge in [-0.1, -0.05) is 30.3 Å². The van der Waals surface area contributed by atoms with Crippen molar-refractivity contribution in [2.24, 2.45) is 7.05 Å². The first kappa shape index (κ1) is 14.8. The van der Waals surface area contributed by atoms with Crippen molar-refractivity contribution in [3.8, 4) is 0 Å². The van der Waals surface area contributed by atoms with Gasteiger partial charge in [0, 0.05) is 13.2 Å². The van der Waals surface area contributed by atoms with Crippen molar-refractivity contribution in [3.63, 3.8) is 0 Å². The van der Waals surface area contributed by atoms with Gasteiger partial charge in [-0.2, -0.15) is 0 Å². The summed E-state index contributed by atoms with van der Waals surface area (Å²) in [5, 5.41) is 2.79. The number of nitrogens with zero attached hydrogens (tertiary/aromatic N) is 1. The molecule has 0 aliphatic carbocycles. The molecule has 21 heavy (non-hydrogen) atoms. The van der Waals surface area contributed by atoms with E-state index in [9.17, 15) is 9.59 Å². The molecule has 0 bridgehead atoms. The molecule has 0 aliphatic rings. The van der Waals surface area contributed by atoms with Gasteiger partial charge in [-0.15, -0.1) is 0 Å². The minimum Gasteiger partial charge on any atom is -0.451 e. The number of nitrogens with one attached hydrogen (secondary N) is 1. The van der Waals surface area contributed by atoms with Crippen LogP contribution in [0.5, 0.6) is 0 Å². The van der Waals surface area contributed by atoms with Crippen molar-refractivity contribution in [3.05, 3.63) is 59.9 Å². The first-order valence-corrected chi connectivity index (χ1v) is 6.70. The standard InChI is InChI=1S/C16H18N2O3/c1-12(13-7-4-3-5-8-13)17-15(19)11-21-16(20)14-9-6-10-18(14)2/h3-10,12H,11H2,1-2H3,(H,17,19). The highest BCUT2D eigenvalue weighted by Crippen LogP contribution is 2.10. The van der Waals surface area contributed by atoms with Gasteiger partial charge in [0.15, 0.2) is 6.61 Å². The summed E-state index contributed by atoms with van der Waals surface area (Å²) in [5.41, 5.74) is 1.42. The zero-order valence-electron chi connectivity index (χ0n) is 12.1. The Hall–Kier alpha value is -2.56. The lowest BCUT2D eigenvalue weighted by molar-refractivity contribution is -0.124. The van der Waals surface area contributed by atoms with Crippen LogP contribution < -0.4 is 5.32 Å². The molecule has 0 fully saturated rings. The molecular weight excluding hydrogens is 268 g/mol. The third-order valence-electron chi connectivity index (χ3n) is 3.16. The molecule has 0 radical (unpaired) electrons. The molecule has 2 aromatic rings. The number of carbonyl (C=O) groups is 2. The number of amides is 1. The van der Waals surface area contributed by atoms with E-state index in [1.54, 1.807) is 29.9 Å². The third kappa shape index (κ3) is 3.95. The summed E-state index contributed by atoms with van der Waals surface area (Å²) in [4.78, 5) is 23.6. The number of esters is 1. The Bertz CT molecular complexity index is 619. The highest BCUT2D eigenvalue weighted by Gasteiger charge is 2.14. The van der Waals surface area contributed by atoms with Crippen LogP contribution in [0.2, 0.25) is 0 Å². The summed E-state index contributed by atoms with van der Waals surface area (Å²) in [6, 6.07) is 12.9. The minimum absolute atomic E-state index is 0.132. The van der Waals surface area contributed by atoms with Gasteiger partial charge in [-0.25, -0.2) is 4.79 Å². The Morgan fingerprint density at radius 3 is 2.52 bits per heavy atom. The summed E-state index contributed by atoms with van der Waals surface area (Å²) in [6.07, 6.45) is 1.74. The van der Waals surface area contributed by atoms with Crippen molar-refractivity contribution < 1.29 is 14.3 Å². The summed E-state index contributed by atoms with van der Waals surface area (Å²) in [6.45, 7) is 1.59. The molecule has 2 rings (SSSR count). The smallest absolute Gasteiger partial charge is 0.355 e. The molecule has 1 N–H and O–H groups in total. The third-order valence-corrected chi connectivity index (χ3v) is 3.16. The summed E-state index contributed by atoms with van der Waals surface area (Å²) >= 11 is 0. The van der Waals surface area contributed by atoms with Gasteiger partial charge in [0.25, 0.3) is 5.91 Å². The van der Waals surface area contributed by atoms with Crippen LogP contribution in [0.25, 0.3) is 0 Å². The molecule has 110 valence electrons. The zero-order chi connectivity index (χ0) is 15.2. The molecule has 0 saturated carbocycles. The highest BCUT2D eigenvalue weighted by atomic mass is 16.5. The fourth-order valence-corrected chi connectivity index (χ4v) is 1.99. The number of ether oxygens (including phenoxy) is 1. The van der Waals surface area contributed by atoms with Crippen LogP contribution in [0.15, 0.2) is 48.7 Å². The summed E-state index contributed by atoms with van der Waals surface area (Å²) in [5.74, 6) is -0.834. The van der Waals surface area contributed by atoms with E-state index in [-0.39, 0.29) is 18.6 Å². The van der Waals surface area contributed by atoms with Gasteiger partial charge in [-0.3, -0.25) is 4.79 Å². The average Bonchev–Trinajstić information content (AvgIpc) is 2.92. The van der Waals surface area contributed by atoms with Crippen molar-refractivity contribution >= 4 is 11.9 Å². The molecule has 0 saturated heterocycles. The van der Waals surface area contributed by atoms with E-state index >= 15 is 0 Å². The van der Waals surface area contributed by atoms with E-state index in [1.807, 2.05) is 37.3 Å². The molecule has 1 aromatic carbocycles. The lowest BCUT2D eigenvalue weighted by Gasteiger charge is -2.14. The minimum atomic E-state index is -0.509. The fraction of sp³-hybridized carbons (Fsp3) is 0.250. The summed E-state index contributed by atoms with van der Waals surface area (Å²) < 4.78 is 6.64.